The molecule has 6 aromatic heterocycles. The van der Waals surface area contributed by atoms with Crippen LogP contribution in [0.1, 0.15) is 170 Å². The molecule has 0 aromatic carbocycles. The molecule has 0 spiro atoms. The number of hydrogen-bond donors (Lipinski definition) is 0. The molecule has 0 saturated heterocycles. The molecule has 0 unspecified atom stereocenters. The number of aromatic nitrogens is 10. The maximum absolute atomic E-state index is 6.71. The highest BCUT2D eigenvalue weighted by molar-refractivity contribution is 9.10. The van der Waals surface area contributed by atoms with Crippen LogP contribution in [0.4, 0.5) is 11.5 Å². The molecule has 0 N–H and O–H groups in total. The summed E-state index contributed by atoms with van der Waals surface area (Å²) in [5.41, 5.74) is 8.89. The highest BCUT2D eigenvalue weighted by Crippen LogP contribution is 2.16. The van der Waals surface area contributed by atoms with Crippen molar-refractivity contribution in [2.75, 3.05) is 0 Å². The average molecular weight is 922 g/mol. The normalized spacial score (nSPS) is 9.88. The molecule has 0 atom stereocenters. The number of nitrogens with zero attached hydrogens (tertiary/aromatic N) is 12. The van der Waals surface area contributed by atoms with Crippen LogP contribution in [-0.4, -0.2) is 49.8 Å². The lowest BCUT2D eigenvalue weighted by atomic mass is 10.1. The minimum absolute atomic E-state index is 0.356. The summed E-state index contributed by atoms with van der Waals surface area (Å²) >= 11 is 3.33. The average Bonchev–Trinajstić information content (AvgIpc) is 3.30. The maximum Gasteiger partial charge on any atom is 0.287 e. The standard InChI is InChI=1S/3C9H10N2.C8H10BrN.C8H9N3.C8H12N2/c1-7(2)9-5-4-8(10-3)6-11-9;2*1-4-8-5-11-9(6-10-8)7(2)3;1-6(2)8-4-3-7(9)5-10-8;1-6(2)7-4-11-8(9-3)5-10-7;1-6(2)8-5-9-7(3)4-10-8/h4-7H,1-2H3;2*1,5-7H,2-3H3;3-6H,1-2H3;4-6H,1-2H3;4-6H,1-3H3. The summed E-state index contributed by atoms with van der Waals surface area (Å²) in [7, 11) is 0. The van der Waals surface area contributed by atoms with Gasteiger partial charge in [0.15, 0.2) is 0 Å². The molecular formula is C51H61BrN12. The summed E-state index contributed by atoms with van der Waals surface area (Å²) in [5, 5.41) is 0. The van der Waals surface area contributed by atoms with Gasteiger partial charge in [-0.15, -0.1) is 17.8 Å². The molecule has 6 aromatic rings. The van der Waals surface area contributed by atoms with Crippen LogP contribution in [-0.2, 0) is 0 Å². The molecule has 6 rings (SSSR count). The van der Waals surface area contributed by atoms with Crippen LogP contribution in [0.3, 0.4) is 0 Å². The summed E-state index contributed by atoms with van der Waals surface area (Å²) in [4.78, 5) is 47.4. The Morgan fingerprint density at radius 2 is 0.797 bits per heavy atom. The number of halogens is 1. The fourth-order valence-electron chi connectivity index (χ4n) is 4.34. The zero-order valence-corrected chi connectivity index (χ0v) is 41.0. The molecule has 0 amide bonds. The molecule has 332 valence electrons. The van der Waals surface area contributed by atoms with Crippen molar-refractivity contribution in [1.29, 1.82) is 0 Å². The van der Waals surface area contributed by atoms with Gasteiger partial charge in [-0.05, 0) is 82.3 Å². The molecule has 0 aliphatic carbocycles. The van der Waals surface area contributed by atoms with Gasteiger partial charge in [0.25, 0.3) is 5.82 Å². The van der Waals surface area contributed by atoms with Gasteiger partial charge in [-0.2, -0.15) is 0 Å². The second-order valence-electron chi connectivity index (χ2n) is 15.8. The van der Waals surface area contributed by atoms with Gasteiger partial charge < -0.3 is 4.85 Å². The van der Waals surface area contributed by atoms with Crippen molar-refractivity contribution in [2.24, 2.45) is 0 Å². The summed E-state index contributed by atoms with van der Waals surface area (Å²) in [5.74, 6) is 7.84. The lowest BCUT2D eigenvalue weighted by molar-refractivity contribution is 0.807. The molecule has 0 saturated carbocycles. The summed E-state index contributed by atoms with van der Waals surface area (Å²) in [6.45, 7) is 40.3. The molecule has 13 heteroatoms. The van der Waals surface area contributed by atoms with Crippen molar-refractivity contribution in [1.82, 2.24) is 49.8 Å². The Morgan fingerprint density at radius 1 is 0.422 bits per heavy atom. The monoisotopic (exact) mass is 920 g/mol. The van der Waals surface area contributed by atoms with Crippen molar-refractivity contribution in [3.63, 3.8) is 0 Å². The second-order valence-corrected chi connectivity index (χ2v) is 16.7. The first-order valence-corrected chi connectivity index (χ1v) is 21.6. The van der Waals surface area contributed by atoms with Gasteiger partial charge in [0.2, 0.25) is 5.69 Å². The SMILES string of the molecule is C#Cc1cnc(C(C)C)cn1.C#Cc1cnc(C(C)C)cn1.CC(C)c1ccc(Br)cn1.Cc1cnc(C(C)C)cn1.[C-]#[N+]c1ccc(C(C)C)nc1.[C-]#[N+]c1cnc(C(C)C)cn1. The van der Waals surface area contributed by atoms with Crippen LogP contribution in [0.5, 0.6) is 0 Å². The van der Waals surface area contributed by atoms with E-state index in [1.54, 1.807) is 49.4 Å². The minimum Gasteiger partial charge on any atom is -0.359 e. The van der Waals surface area contributed by atoms with Gasteiger partial charge in [0.05, 0.1) is 66.0 Å². The third kappa shape index (κ3) is 22.3. The lowest BCUT2D eigenvalue weighted by Crippen LogP contribution is -1.94. The van der Waals surface area contributed by atoms with E-state index in [1.807, 2.05) is 51.4 Å². The van der Waals surface area contributed by atoms with E-state index in [4.69, 9.17) is 26.0 Å². The highest BCUT2D eigenvalue weighted by atomic mass is 79.9. The molecule has 0 radical (unpaired) electrons. The zero-order chi connectivity index (χ0) is 48.2. The predicted molar refractivity (Wildman–Crippen MR) is 262 cm³/mol. The van der Waals surface area contributed by atoms with E-state index in [2.05, 4.69) is 157 Å². The van der Waals surface area contributed by atoms with Gasteiger partial charge in [-0.1, -0.05) is 102 Å². The number of rotatable bonds is 6. The van der Waals surface area contributed by atoms with Gasteiger partial charge in [-0.3, -0.25) is 34.9 Å². The number of pyridine rings is 2. The second kappa shape index (κ2) is 30.3. The molecule has 12 nitrogen and oxygen atoms in total. The van der Waals surface area contributed by atoms with Crippen molar-refractivity contribution in [2.45, 2.75) is 126 Å². The predicted octanol–water partition coefficient (Wildman–Crippen LogP) is 12.9. The molecule has 6 heterocycles. The first-order valence-electron chi connectivity index (χ1n) is 20.8. The molecule has 0 aliphatic rings. The van der Waals surface area contributed by atoms with Crippen LogP contribution >= 0.6 is 15.9 Å². The van der Waals surface area contributed by atoms with E-state index in [-0.39, 0.29) is 0 Å². The first-order chi connectivity index (χ1) is 30.3. The van der Waals surface area contributed by atoms with E-state index in [0.717, 1.165) is 44.3 Å². The van der Waals surface area contributed by atoms with Gasteiger partial charge in [0, 0.05) is 40.6 Å². The fourth-order valence-corrected chi connectivity index (χ4v) is 4.58. The summed E-state index contributed by atoms with van der Waals surface area (Å²) in [6, 6.07) is 7.75. The molecule has 0 fully saturated rings. The fraction of sp³-hybridized carbons (Fsp3) is 0.373. The Kier molecular flexibility index (Phi) is 26.1. The van der Waals surface area contributed by atoms with E-state index in [1.165, 1.54) is 6.20 Å². The lowest BCUT2D eigenvalue weighted by Gasteiger charge is -2.01. The summed E-state index contributed by atoms with van der Waals surface area (Å²) < 4.78 is 1.04. The number of aryl methyl sites for hydroxylation is 1. The van der Waals surface area contributed by atoms with Crippen LogP contribution in [0.2, 0.25) is 0 Å². The molecule has 64 heavy (non-hydrogen) atoms. The Bertz CT molecular complexity index is 2070. The van der Waals surface area contributed by atoms with Crippen LogP contribution in [0, 0.1) is 44.8 Å². The quantitative estimate of drug-likeness (QED) is 0.117. The third-order valence-electron chi connectivity index (χ3n) is 8.41. The van der Waals surface area contributed by atoms with E-state index < -0.39 is 0 Å². The number of terminal acetylenes is 2. The smallest absolute Gasteiger partial charge is 0.287 e. The molecule has 0 bridgehead atoms. The Hall–Kier alpha value is -6.80. The largest absolute Gasteiger partial charge is 0.359 e. The summed E-state index contributed by atoms with van der Waals surface area (Å²) in [6.07, 6.45) is 27.2. The van der Waals surface area contributed by atoms with Crippen molar-refractivity contribution >= 4 is 27.4 Å². The zero-order valence-electron chi connectivity index (χ0n) is 39.4. The van der Waals surface area contributed by atoms with Crippen molar-refractivity contribution < 1.29 is 0 Å². The molecule has 0 aliphatic heterocycles. The minimum atomic E-state index is 0.356. The van der Waals surface area contributed by atoms with E-state index in [9.17, 15) is 0 Å². The third-order valence-corrected chi connectivity index (χ3v) is 8.88. The maximum atomic E-state index is 6.71. The highest BCUT2D eigenvalue weighted by Gasteiger charge is 2.04. The van der Waals surface area contributed by atoms with Crippen LogP contribution in [0.15, 0.2) is 90.7 Å². The van der Waals surface area contributed by atoms with Crippen molar-refractivity contribution in [3.8, 4) is 24.7 Å². The van der Waals surface area contributed by atoms with Gasteiger partial charge in [0.1, 0.15) is 17.6 Å². The topological polar surface area (TPSA) is 138 Å². The Labute approximate surface area is 390 Å². The molecular weight excluding hydrogens is 861 g/mol. The van der Waals surface area contributed by atoms with Crippen molar-refractivity contribution in [3.05, 3.63) is 165 Å². The van der Waals surface area contributed by atoms with E-state index in [0.29, 0.717) is 58.4 Å². The van der Waals surface area contributed by atoms with Gasteiger partial charge in [-0.25, -0.2) is 14.8 Å². The van der Waals surface area contributed by atoms with Crippen LogP contribution in [0.25, 0.3) is 9.69 Å². The van der Waals surface area contributed by atoms with Gasteiger partial charge >= 0.3 is 0 Å². The Morgan fingerprint density at radius 3 is 1.06 bits per heavy atom. The Balaban J connectivity index is 0.000000384. The van der Waals surface area contributed by atoms with E-state index >= 15 is 0 Å². The van der Waals surface area contributed by atoms with Crippen LogP contribution < -0.4 is 0 Å². The number of hydrogen-bond acceptors (Lipinski definition) is 10. The first kappa shape index (κ1) is 55.2.